The Morgan fingerprint density at radius 2 is 0.981 bits per heavy atom. The standard InChI is InChI=1S/C40H40Cl2N8O4/c1-7-17-53-35-21-31(23(3)19-33(35)43-45-37-25(5)47-49(39(37)51)29-13-9-27(41)10-14-29)32-22-36(54-18-8-2)34(20-24(32)4)44-46-38-26(6)48-50(40(38)52)30-15-11-28(42)12-16-30/h9-16,19-22,43-44H,7-8,17-18H2,1-6H3/b45-37-,46-38+. The van der Waals surface area contributed by atoms with E-state index in [4.69, 9.17) is 32.7 Å². The van der Waals surface area contributed by atoms with Gasteiger partial charge < -0.3 is 9.47 Å². The molecular weight excluding hydrogens is 727 g/mol. The van der Waals surface area contributed by atoms with Gasteiger partial charge in [-0.1, -0.05) is 37.0 Å². The van der Waals surface area contributed by atoms with E-state index in [9.17, 15) is 9.59 Å². The molecule has 0 unspecified atom stereocenters. The van der Waals surface area contributed by atoms with Crippen LogP contribution in [0.2, 0.25) is 10.0 Å². The Labute approximate surface area is 324 Å². The molecule has 278 valence electrons. The molecule has 14 heteroatoms. The highest BCUT2D eigenvalue weighted by atomic mass is 35.5. The second-order valence-corrected chi connectivity index (χ2v) is 13.6. The van der Waals surface area contributed by atoms with Crippen molar-refractivity contribution in [3.05, 3.63) is 94.0 Å². The van der Waals surface area contributed by atoms with Crippen LogP contribution >= 0.6 is 23.2 Å². The van der Waals surface area contributed by atoms with Crippen LogP contribution in [0.5, 0.6) is 11.5 Å². The van der Waals surface area contributed by atoms with E-state index in [1.54, 1.807) is 62.4 Å². The third-order valence-corrected chi connectivity index (χ3v) is 9.06. The van der Waals surface area contributed by atoms with E-state index in [1.807, 2.05) is 52.0 Å². The quantitative estimate of drug-likeness (QED) is 0.130. The molecule has 0 fully saturated rings. The molecular formula is C40H40Cl2N8O4. The number of hydrogen-bond donors (Lipinski definition) is 2. The Kier molecular flexibility index (Phi) is 11.6. The monoisotopic (exact) mass is 766 g/mol. The lowest BCUT2D eigenvalue weighted by atomic mass is 9.95. The average Bonchev–Trinajstić information content (AvgIpc) is 3.61. The summed E-state index contributed by atoms with van der Waals surface area (Å²) in [5, 5.41) is 21.5. The fourth-order valence-electron chi connectivity index (χ4n) is 5.79. The predicted molar refractivity (Wildman–Crippen MR) is 219 cm³/mol. The SMILES string of the molecule is CCCOc1cc(-c2cc(OCCC)c(N/N=C3/C(=O)N(c4ccc(Cl)cc4)N=C3C)cc2C)c(C)cc1N/N=C1\C(=O)N(c2ccc(Cl)cc2)N=C1C. The molecule has 0 saturated carbocycles. The molecule has 0 aromatic heterocycles. The van der Waals surface area contributed by atoms with Gasteiger partial charge in [0, 0.05) is 10.0 Å². The number of carbonyl (C=O) groups excluding carboxylic acids is 2. The van der Waals surface area contributed by atoms with Crippen LogP contribution in [0.1, 0.15) is 51.7 Å². The number of carbonyl (C=O) groups is 2. The molecule has 0 saturated heterocycles. The summed E-state index contributed by atoms with van der Waals surface area (Å²) in [6, 6.07) is 21.5. The molecule has 0 atom stereocenters. The zero-order chi connectivity index (χ0) is 38.5. The molecule has 4 aromatic carbocycles. The molecule has 0 radical (unpaired) electrons. The minimum absolute atomic E-state index is 0.187. The van der Waals surface area contributed by atoms with Crippen molar-refractivity contribution in [1.82, 2.24) is 0 Å². The number of amides is 2. The van der Waals surface area contributed by atoms with Crippen molar-refractivity contribution in [3.8, 4) is 22.6 Å². The van der Waals surface area contributed by atoms with Gasteiger partial charge in [0.2, 0.25) is 0 Å². The van der Waals surface area contributed by atoms with Crippen molar-refractivity contribution >= 4 is 80.6 Å². The average molecular weight is 768 g/mol. The second-order valence-electron chi connectivity index (χ2n) is 12.7. The number of hydrogen-bond acceptors (Lipinski definition) is 10. The van der Waals surface area contributed by atoms with Crippen LogP contribution in [-0.4, -0.2) is 47.9 Å². The zero-order valence-electron chi connectivity index (χ0n) is 30.8. The summed E-state index contributed by atoms with van der Waals surface area (Å²) in [6.07, 6.45) is 1.58. The van der Waals surface area contributed by atoms with E-state index in [1.165, 1.54) is 10.0 Å². The van der Waals surface area contributed by atoms with Crippen molar-refractivity contribution in [2.75, 3.05) is 34.1 Å². The van der Waals surface area contributed by atoms with Gasteiger partial charge in [0.15, 0.2) is 11.4 Å². The zero-order valence-corrected chi connectivity index (χ0v) is 32.3. The van der Waals surface area contributed by atoms with Crippen LogP contribution in [0.15, 0.2) is 93.2 Å². The fraction of sp³-hybridized carbons (Fsp3) is 0.250. The number of ether oxygens (including phenoxy) is 2. The Hall–Kier alpha value is -5.72. The summed E-state index contributed by atoms with van der Waals surface area (Å²) in [6.45, 7) is 12.5. The molecule has 2 amide bonds. The van der Waals surface area contributed by atoms with Crippen molar-refractivity contribution in [3.63, 3.8) is 0 Å². The Morgan fingerprint density at radius 3 is 1.33 bits per heavy atom. The summed E-state index contributed by atoms with van der Waals surface area (Å²) in [5.74, 6) is 0.416. The van der Waals surface area contributed by atoms with Gasteiger partial charge in [0.05, 0.1) is 47.4 Å². The van der Waals surface area contributed by atoms with Gasteiger partial charge in [0.1, 0.15) is 11.5 Å². The molecule has 4 aromatic rings. The van der Waals surface area contributed by atoms with Crippen molar-refractivity contribution in [1.29, 1.82) is 0 Å². The molecule has 2 N–H and O–H groups in total. The van der Waals surface area contributed by atoms with Crippen molar-refractivity contribution in [2.24, 2.45) is 20.4 Å². The van der Waals surface area contributed by atoms with Crippen LogP contribution in [0, 0.1) is 13.8 Å². The third kappa shape index (κ3) is 8.09. The van der Waals surface area contributed by atoms with E-state index in [-0.39, 0.29) is 23.2 Å². The first-order valence-electron chi connectivity index (χ1n) is 17.5. The van der Waals surface area contributed by atoms with Crippen molar-refractivity contribution in [2.45, 2.75) is 54.4 Å². The number of hydrazone groups is 4. The molecule has 54 heavy (non-hydrogen) atoms. The van der Waals surface area contributed by atoms with Crippen LogP contribution in [-0.2, 0) is 9.59 Å². The first-order valence-corrected chi connectivity index (χ1v) is 18.3. The summed E-state index contributed by atoms with van der Waals surface area (Å²) in [5.41, 5.74) is 13.6. The van der Waals surface area contributed by atoms with E-state index in [0.717, 1.165) is 35.1 Å². The first kappa shape index (κ1) is 38.0. The van der Waals surface area contributed by atoms with Crippen LogP contribution in [0.3, 0.4) is 0 Å². The second kappa shape index (κ2) is 16.5. The largest absolute Gasteiger partial charge is 0.491 e. The number of rotatable bonds is 13. The third-order valence-electron chi connectivity index (χ3n) is 8.56. The molecule has 6 rings (SSSR count). The van der Waals surface area contributed by atoms with E-state index in [2.05, 4.69) is 31.3 Å². The van der Waals surface area contributed by atoms with Gasteiger partial charge in [-0.25, -0.2) is 0 Å². The van der Waals surface area contributed by atoms with Gasteiger partial charge in [-0.2, -0.15) is 30.4 Å². The maximum absolute atomic E-state index is 13.3. The number of nitrogens with zero attached hydrogens (tertiary/aromatic N) is 6. The molecule has 12 nitrogen and oxygen atoms in total. The van der Waals surface area contributed by atoms with Crippen LogP contribution in [0.25, 0.3) is 11.1 Å². The fourth-order valence-corrected chi connectivity index (χ4v) is 6.05. The Balaban J connectivity index is 1.28. The maximum atomic E-state index is 13.3. The first-order chi connectivity index (χ1) is 26.0. The number of benzene rings is 4. The molecule has 2 aliphatic rings. The molecule has 2 heterocycles. The molecule has 0 aliphatic carbocycles. The highest BCUT2D eigenvalue weighted by Gasteiger charge is 2.32. The summed E-state index contributed by atoms with van der Waals surface area (Å²) < 4.78 is 12.4. The normalized spacial score (nSPS) is 15.6. The van der Waals surface area contributed by atoms with Gasteiger partial charge in [-0.15, -0.1) is 0 Å². The summed E-state index contributed by atoms with van der Waals surface area (Å²) in [4.78, 5) is 26.6. The Morgan fingerprint density at radius 1 is 0.611 bits per heavy atom. The number of anilines is 4. The Bertz CT molecular complexity index is 2060. The maximum Gasteiger partial charge on any atom is 0.301 e. The van der Waals surface area contributed by atoms with Crippen LogP contribution < -0.4 is 30.3 Å². The van der Waals surface area contributed by atoms with E-state index in [0.29, 0.717) is 68.9 Å². The van der Waals surface area contributed by atoms with Crippen LogP contribution in [0.4, 0.5) is 22.7 Å². The topological polar surface area (TPSA) is 133 Å². The summed E-state index contributed by atoms with van der Waals surface area (Å²) in [7, 11) is 0. The highest BCUT2D eigenvalue weighted by molar-refractivity contribution is 6.72. The highest BCUT2D eigenvalue weighted by Crippen LogP contribution is 2.40. The molecule has 2 aliphatic heterocycles. The minimum Gasteiger partial charge on any atom is -0.491 e. The van der Waals surface area contributed by atoms with E-state index >= 15 is 0 Å². The van der Waals surface area contributed by atoms with Gasteiger partial charge in [-0.05, 0) is 136 Å². The predicted octanol–water partition coefficient (Wildman–Crippen LogP) is 9.24. The molecule has 0 spiro atoms. The lowest BCUT2D eigenvalue weighted by molar-refractivity contribution is -0.112. The van der Waals surface area contributed by atoms with E-state index < -0.39 is 0 Å². The smallest absolute Gasteiger partial charge is 0.301 e. The minimum atomic E-state index is -0.362. The lowest BCUT2D eigenvalue weighted by Crippen LogP contribution is -2.28. The van der Waals surface area contributed by atoms with Gasteiger partial charge in [-0.3, -0.25) is 20.4 Å². The molecule has 0 bridgehead atoms. The lowest BCUT2D eigenvalue weighted by Gasteiger charge is -2.19. The number of halogens is 2. The van der Waals surface area contributed by atoms with Crippen molar-refractivity contribution < 1.29 is 19.1 Å². The number of nitrogens with one attached hydrogen (secondary N) is 2. The van der Waals surface area contributed by atoms with Gasteiger partial charge >= 0.3 is 11.8 Å². The number of aryl methyl sites for hydroxylation is 2. The van der Waals surface area contributed by atoms with Gasteiger partial charge in [0.25, 0.3) is 0 Å². The summed E-state index contributed by atoms with van der Waals surface area (Å²) >= 11 is 12.1.